The van der Waals surface area contributed by atoms with E-state index in [1.54, 1.807) is 23.1 Å². The molecule has 1 aliphatic heterocycles. The van der Waals surface area contributed by atoms with Gasteiger partial charge < -0.3 is 15.0 Å². The second kappa shape index (κ2) is 7.56. The highest BCUT2D eigenvalue weighted by molar-refractivity contribution is 7.91. The van der Waals surface area contributed by atoms with E-state index in [-0.39, 0.29) is 36.2 Å². The van der Waals surface area contributed by atoms with Crippen LogP contribution in [0.1, 0.15) is 15.9 Å². The molecule has 27 heavy (non-hydrogen) atoms. The highest BCUT2D eigenvalue weighted by atomic mass is 32.2. The maximum absolute atomic E-state index is 14.2. The van der Waals surface area contributed by atoms with Crippen LogP contribution in [0.2, 0.25) is 0 Å². The average Bonchev–Trinajstić information content (AvgIpc) is 2.64. The number of sulfone groups is 1. The molecule has 0 saturated carbocycles. The minimum Gasteiger partial charge on any atom is -0.496 e. The van der Waals surface area contributed by atoms with Crippen molar-refractivity contribution in [3.05, 3.63) is 53.3 Å². The lowest BCUT2D eigenvalue weighted by Gasteiger charge is -2.29. The molecule has 2 aromatic rings. The molecule has 0 atom stereocenters. The number of hydrogen-bond donors (Lipinski definition) is 1. The Bertz CT molecular complexity index is 962. The molecule has 1 N–H and O–H groups in total. The van der Waals surface area contributed by atoms with Gasteiger partial charge in [-0.15, -0.1) is 0 Å². The van der Waals surface area contributed by atoms with Crippen LogP contribution in [-0.2, 0) is 9.84 Å². The molecule has 0 radical (unpaired) electrons. The third-order valence-electron chi connectivity index (χ3n) is 4.56. The third kappa shape index (κ3) is 4.39. The summed E-state index contributed by atoms with van der Waals surface area (Å²) in [7, 11) is -1.52. The van der Waals surface area contributed by atoms with Crippen LogP contribution >= 0.6 is 0 Å². The monoisotopic (exact) mass is 392 g/mol. The van der Waals surface area contributed by atoms with Crippen molar-refractivity contribution in [2.24, 2.45) is 0 Å². The van der Waals surface area contributed by atoms with Crippen molar-refractivity contribution in [2.45, 2.75) is 6.92 Å². The van der Waals surface area contributed by atoms with Crippen molar-refractivity contribution in [3.8, 4) is 5.75 Å². The summed E-state index contributed by atoms with van der Waals surface area (Å²) in [6.07, 6.45) is 0. The van der Waals surface area contributed by atoms with Gasteiger partial charge in [-0.25, -0.2) is 12.8 Å². The Balaban J connectivity index is 1.79. The van der Waals surface area contributed by atoms with E-state index in [0.717, 1.165) is 5.56 Å². The number of amides is 1. The lowest BCUT2D eigenvalue weighted by atomic mass is 10.1. The number of hydrogen-bond acceptors (Lipinski definition) is 5. The van der Waals surface area contributed by atoms with Crippen molar-refractivity contribution in [3.63, 3.8) is 0 Å². The van der Waals surface area contributed by atoms with Crippen LogP contribution in [0, 0.1) is 12.7 Å². The first-order chi connectivity index (χ1) is 12.8. The zero-order chi connectivity index (χ0) is 19.6. The molecule has 1 heterocycles. The lowest BCUT2D eigenvalue weighted by Crippen LogP contribution is -2.40. The molecule has 6 nitrogen and oxygen atoms in total. The summed E-state index contributed by atoms with van der Waals surface area (Å²) in [5.74, 6) is -0.202. The van der Waals surface area contributed by atoms with E-state index in [4.69, 9.17) is 4.74 Å². The first-order valence-electron chi connectivity index (χ1n) is 8.50. The molecule has 0 aliphatic carbocycles. The molecule has 0 spiro atoms. The van der Waals surface area contributed by atoms with Gasteiger partial charge in [0.05, 0.1) is 24.3 Å². The Kier molecular flexibility index (Phi) is 5.36. The van der Waals surface area contributed by atoms with Gasteiger partial charge in [0.1, 0.15) is 11.6 Å². The number of nitrogens with zero attached hydrogens (tertiary/aromatic N) is 1. The van der Waals surface area contributed by atoms with Crippen molar-refractivity contribution >= 4 is 27.1 Å². The number of aryl methyl sites for hydroxylation is 1. The summed E-state index contributed by atoms with van der Waals surface area (Å²) < 4.78 is 42.6. The van der Waals surface area contributed by atoms with Gasteiger partial charge in [-0.1, -0.05) is 6.07 Å². The van der Waals surface area contributed by atoms with E-state index < -0.39 is 15.7 Å². The summed E-state index contributed by atoms with van der Waals surface area (Å²) in [5, 5.41) is 2.75. The van der Waals surface area contributed by atoms with Crippen LogP contribution < -0.4 is 15.0 Å². The summed E-state index contributed by atoms with van der Waals surface area (Å²) in [4.78, 5) is 14.2. The van der Waals surface area contributed by atoms with Gasteiger partial charge >= 0.3 is 0 Å². The molecule has 0 unspecified atom stereocenters. The topological polar surface area (TPSA) is 75.7 Å². The number of ether oxygens (including phenoxy) is 1. The number of carbonyl (C=O) groups excluding carboxylic acids is 1. The van der Waals surface area contributed by atoms with Crippen molar-refractivity contribution in [1.29, 1.82) is 0 Å². The molecule has 1 fully saturated rings. The van der Waals surface area contributed by atoms with Gasteiger partial charge in [-0.3, -0.25) is 4.79 Å². The number of nitrogens with one attached hydrogen (secondary N) is 1. The van der Waals surface area contributed by atoms with E-state index >= 15 is 0 Å². The SMILES string of the molecule is COc1cc(C(=O)Nc2ccc(F)c(N3CCS(=O)(=O)CC3)c2)ccc1C. The van der Waals surface area contributed by atoms with Gasteiger partial charge in [0.2, 0.25) is 0 Å². The number of methoxy groups -OCH3 is 1. The number of carbonyl (C=O) groups is 1. The Morgan fingerprint density at radius 1 is 1.15 bits per heavy atom. The predicted molar refractivity (Wildman–Crippen MR) is 103 cm³/mol. The zero-order valence-electron chi connectivity index (χ0n) is 15.2. The molecule has 0 aromatic heterocycles. The largest absolute Gasteiger partial charge is 0.496 e. The van der Waals surface area contributed by atoms with Crippen molar-refractivity contribution in [2.75, 3.05) is 41.9 Å². The second-order valence-electron chi connectivity index (χ2n) is 6.44. The molecule has 2 aromatic carbocycles. The Labute approximate surface area is 157 Å². The fourth-order valence-corrected chi connectivity index (χ4v) is 4.15. The number of benzene rings is 2. The van der Waals surface area contributed by atoms with Crippen molar-refractivity contribution in [1.82, 2.24) is 0 Å². The molecular weight excluding hydrogens is 371 g/mol. The van der Waals surface area contributed by atoms with E-state index in [9.17, 15) is 17.6 Å². The van der Waals surface area contributed by atoms with Gasteiger partial charge in [0.15, 0.2) is 9.84 Å². The Morgan fingerprint density at radius 2 is 1.85 bits per heavy atom. The van der Waals surface area contributed by atoms with Crippen LogP contribution in [0.15, 0.2) is 36.4 Å². The molecule has 144 valence electrons. The maximum atomic E-state index is 14.2. The standard InChI is InChI=1S/C19H21FN2O4S/c1-13-3-4-14(11-18(13)26-2)19(23)21-15-5-6-16(20)17(12-15)22-7-9-27(24,25)10-8-22/h3-6,11-12H,7-10H2,1-2H3,(H,21,23). The molecule has 1 aliphatic rings. The van der Waals surface area contributed by atoms with Crippen LogP contribution in [0.3, 0.4) is 0 Å². The summed E-state index contributed by atoms with van der Waals surface area (Å²) in [6.45, 7) is 2.34. The lowest BCUT2D eigenvalue weighted by molar-refractivity contribution is 0.102. The highest BCUT2D eigenvalue weighted by Gasteiger charge is 2.24. The predicted octanol–water partition coefficient (Wildman–Crippen LogP) is 2.63. The normalized spacial score (nSPS) is 16.0. The van der Waals surface area contributed by atoms with Gasteiger partial charge in [0, 0.05) is 24.3 Å². The van der Waals surface area contributed by atoms with Crippen LogP contribution in [0.25, 0.3) is 0 Å². The number of halogens is 1. The third-order valence-corrected chi connectivity index (χ3v) is 6.17. The minimum absolute atomic E-state index is 0.00775. The summed E-state index contributed by atoms with van der Waals surface area (Å²) >= 11 is 0. The molecule has 0 bridgehead atoms. The first-order valence-corrected chi connectivity index (χ1v) is 10.3. The van der Waals surface area contributed by atoms with Crippen LogP contribution in [0.5, 0.6) is 5.75 Å². The van der Waals surface area contributed by atoms with Gasteiger partial charge in [-0.05, 0) is 42.8 Å². The summed E-state index contributed by atoms with van der Waals surface area (Å²) in [6, 6.07) is 9.39. The molecular formula is C19H21FN2O4S. The molecule has 3 rings (SSSR count). The van der Waals surface area contributed by atoms with E-state index in [1.807, 2.05) is 6.92 Å². The van der Waals surface area contributed by atoms with Crippen LogP contribution in [0.4, 0.5) is 15.8 Å². The Morgan fingerprint density at radius 3 is 2.52 bits per heavy atom. The van der Waals surface area contributed by atoms with Gasteiger partial charge in [-0.2, -0.15) is 0 Å². The zero-order valence-corrected chi connectivity index (χ0v) is 16.0. The number of anilines is 2. The fraction of sp³-hybridized carbons (Fsp3) is 0.316. The van der Waals surface area contributed by atoms with E-state index in [0.29, 0.717) is 17.0 Å². The maximum Gasteiger partial charge on any atom is 0.255 e. The van der Waals surface area contributed by atoms with E-state index in [1.165, 1.54) is 25.3 Å². The fourth-order valence-electron chi connectivity index (χ4n) is 2.95. The van der Waals surface area contributed by atoms with Crippen molar-refractivity contribution < 1.29 is 22.3 Å². The highest BCUT2D eigenvalue weighted by Crippen LogP contribution is 2.26. The molecule has 8 heteroatoms. The van der Waals surface area contributed by atoms with Gasteiger partial charge in [0.25, 0.3) is 5.91 Å². The molecule has 1 saturated heterocycles. The van der Waals surface area contributed by atoms with E-state index in [2.05, 4.69) is 5.32 Å². The van der Waals surface area contributed by atoms with Crippen LogP contribution in [-0.4, -0.2) is 46.0 Å². The number of rotatable bonds is 4. The Hall–Kier alpha value is -2.61. The summed E-state index contributed by atoms with van der Waals surface area (Å²) in [5.41, 5.74) is 2.05. The quantitative estimate of drug-likeness (QED) is 0.866. The first kappa shape index (κ1) is 19.2. The minimum atomic E-state index is -3.06. The molecule has 1 amide bonds. The smallest absolute Gasteiger partial charge is 0.255 e. The average molecular weight is 392 g/mol. The second-order valence-corrected chi connectivity index (χ2v) is 8.75.